The Labute approximate surface area is 223 Å². The summed E-state index contributed by atoms with van der Waals surface area (Å²) in [5.41, 5.74) is -3.15. The fourth-order valence-electron chi connectivity index (χ4n) is 2.65. The van der Waals surface area contributed by atoms with E-state index in [2.05, 4.69) is 15.9 Å². The number of carboxylic acid groups (broad SMARTS) is 3. The molecule has 0 bridgehead atoms. The molecule has 0 saturated carbocycles. The summed E-state index contributed by atoms with van der Waals surface area (Å²) >= 11 is 8.39. The molecule has 0 aliphatic heterocycles. The van der Waals surface area contributed by atoms with E-state index in [0.29, 0.717) is 12.0 Å². The molecule has 0 fully saturated rings. The number of aliphatic carboxylic acids is 3. The average Bonchev–Trinajstić information content (AvgIpc) is 2.89. The molecule has 0 amide bonds. The number of rotatable bonds is 11. The molecule has 0 heterocycles. The molecule has 6 N–H and O–H groups in total. The summed E-state index contributed by atoms with van der Waals surface area (Å²) in [5, 5.41) is 53.9. The standard InChI is InChI=1S/C9H9BrO3.C9H9ClO3.C7H14O3/c2*10-6-9(13,8(11)12)7-4-2-1-3-5-7;1-2-3-4-5-6(8)7(9)10/h2*1-5,13H,6H2,(H,11,12);6,8H,2-5H2,1H3,(H,9,10). The Bertz CT molecular complexity index is 866. The van der Waals surface area contributed by atoms with E-state index in [0.717, 1.165) is 19.3 Å². The zero-order valence-corrected chi connectivity index (χ0v) is 22.1. The first kappa shape index (κ1) is 33.5. The maximum atomic E-state index is 10.8. The third-order valence-corrected chi connectivity index (χ3v) is 6.16. The van der Waals surface area contributed by atoms with Crippen LogP contribution in [0.2, 0.25) is 0 Å². The summed E-state index contributed by atoms with van der Waals surface area (Å²) in [6, 6.07) is 16.4. The van der Waals surface area contributed by atoms with E-state index in [1.54, 1.807) is 48.5 Å². The van der Waals surface area contributed by atoms with Gasteiger partial charge < -0.3 is 30.6 Å². The summed E-state index contributed by atoms with van der Waals surface area (Å²) < 4.78 is 0. The van der Waals surface area contributed by atoms with Crippen LogP contribution in [-0.4, -0.2) is 65.9 Å². The minimum atomic E-state index is -1.98. The third kappa shape index (κ3) is 10.6. The van der Waals surface area contributed by atoms with E-state index in [-0.39, 0.29) is 16.8 Å². The number of aliphatic hydroxyl groups excluding tert-OH is 1. The number of aliphatic hydroxyl groups is 3. The van der Waals surface area contributed by atoms with Gasteiger partial charge in [0.25, 0.3) is 0 Å². The number of benzene rings is 2. The lowest BCUT2D eigenvalue weighted by Crippen LogP contribution is -2.37. The topological polar surface area (TPSA) is 173 Å². The summed E-state index contributed by atoms with van der Waals surface area (Å²) in [7, 11) is 0. The van der Waals surface area contributed by atoms with Crippen LogP contribution in [0.3, 0.4) is 0 Å². The summed E-state index contributed by atoms with van der Waals surface area (Å²) in [5.74, 6) is -4.08. The van der Waals surface area contributed by atoms with Gasteiger partial charge in [-0.15, -0.1) is 11.6 Å². The minimum absolute atomic E-state index is 0.0284. The van der Waals surface area contributed by atoms with E-state index >= 15 is 0 Å². The lowest BCUT2D eigenvalue weighted by atomic mass is 9.96. The molecule has 0 saturated heterocycles. The van der Waals surface area contributed by atoms with Crippen LogP contribution in [0.5, 0.6) is 0 Å². The molecule has 11 heteroatoms. The first-order valence-electron chi connectivity index (χ1n) is 11.0. The molecule has 0 radical (unpaired) electrons. The van der Waals surface area contributed by atoms with Crippen LogP contribution in [0.4, 0.5) is 0 Å². The van der Waals surface area contributed by atoms with E-state index in [1.807, 2.05) is 6.92 Å². The zero-order chi connectivity index (χ0) is 27.8. The van der Waals surface area contributed by atoms with Gasteiger partial charge in [-0.3, -0.25) is 0 Å². The molecule has 0 aliphatic rings. The highest BCUT2D eigenvalue weighted by Gasteiger charge is 2.37. The molecule has 2 aromatic carbocycles. The fraction of sp³-hybridized carbons (Fsp3) is 0.400. The summed E-state index contributed by atoms with van der Waals surface area (Å²) in [6.07, 6.45) is 2.05. The lowest BCUT2D eigenvalue weighted by Gasteiger charge is -2.20. The minimum Gasteiger partial charge on any atom is -0.479 e. The van der Waals surface area contributed by atoms with Crippen molar-refractivity contribution in [2.24, 2.45) is 0 Å². The van der Waals surface area contributed by atoms with Crippen molar-refractivity contribution < 1.29 is 45.0 Å². The van der Waals surface area contributed by atoms with Crippen LogP contribution >= 0.6 is 27.5 Å². The van der Waals surface area contributed by atoms with Crippen molar-refractivity contribution >= 4 is 45.4 Å². The molecular formula is C25H32BrClO9. The first-order chi connectivity index (χ1) is 16.9. The Hall–Kier alpha value is -2.50. The van der Waals surface area contributed by atoms with Crippen molar-refractivity contribution in [1.82, 2.24) is 0 Å². The van der Waals surface area contributed by atoms with Crippen LogP contribution in [0.15, 0.2) is 60.7 Å². The van der Waals surface area contributed by atoms with Gasteiger partial charge in [0.2, 0.25) is 5.60 Å². The molecule has 0 spiro atoms. The average molecular weight is 592 g/mol. The molecular weight excluding hydrogens is 560 g/mol. The van der Waals surface area contributed by atoms with Crippen molar-refractivity contribution in [3.05, 3.63) is 71.8 Å². The van der Waals surface area contributed by atoms with Gasteiger partial charge in [-0.05, 0) is 17.5 Å². The highest BCUT2D eigenvalue weighted by atomic mass is 79.9. The Morgan fingerprint density at radius 2 is 1.25 bits per heavy atom. The smallest absolute Gasteiger partial charge is 0.341 e. The molecule has 9 nitrogen and oxygen atoms in total. The van der Waals surface area contributed by atoms with E-state index in [1.165, 1.54) is 12.1 Å². The van der Waals surface area contributed by atoms with E-state index in [4.69, 9.17) is 32.0 Å². The predicted octanol–water partition coefficient (Wildman–Crippen LogP) is 3.56. The second-order valence-corrected chi connectivity index (χ2v) is 8.51. The van der Waals surface area contributed by atoms with Crippen molar-refractivity contribution in [2.75, 3.05) is 11.2 Å². The molecule has 0 aromatic heterocycles. The maximum Gasteiger partial charge on any atom is 0.341 e. The predicted molar refractivity (Wildman–Crippen MR) is 138 cm³/mol. The first-order valence-corrected chi connectivity index (χ1v) is 12.6. The van der Waals surface area contributed by atoms with E-state index in [9.17, 15) is 24.6 Å². The van der Waals surface area contributed by atoms with E-state index < -0.39 is 35.2 Å². The maximum absolute atomic E-state index is 10.8. The lowest BCUT2D eigenvalue weighted by molar-refractivity contribution is -0.157. The van der Waals surface area contributed by atoms with Crippen LogP contribution in [0.25, 0.3) is 0 Å². The van der Waals surface area contributed by atoms with Crippen LogP contribution in [0.1, 0.15) is 43.7 Å². The highest BCUT2D eigenvalue weighted by Crippen LogP contribution is 2.24. The van der Waals surface area contributed by atoms with Gasteiger partial charge in [-0.25, -0.2) is 14.4 Å². The molecule has 0 aliphatic carbocycles. The van der Waals surface area contributed by atoms with Crippen LogP contribution in [-0.2, 0) is 25.6 Å². The summed E-state index contributed by atoms with van der Waals surface area (Å²) in [6.45, 7) is 2.03. The number of unbranched alkanes of at least 4 members (excludes halogenated alkanes) is 2. The fourth-order valence-corrected chi connectivity index (χ4v) is 3.49. The van der Waals surface area contributed by atoms with Gasteiger partial charge >= 0.3 is 17.9 Å². The number of halogens is 2. The van der Waals surface area contributed by atoms with Gasteiger partial charge in [0.05, 0.1) is 5.88 Å². The molecule has 36 heavy (non-hydrogen) atoms. The van der Waals surface area contributed by atoms with Gasteiger partial charge in [0.1, 0.15) is 0 Å². The quantitative estimate of drug-likeness (QED) is 0.169. The molecule has 200 valence electrons. The molecule has 3 atom stereocenters. The van der Waals surface area contributed by atoms with Gasteiger partial charge in [0.15, 0.2) is 11.7 Å². The molecule has 2 rings (SSSR count). The Kier molecular flexibility index (Phi) is 15.9. The Morgan fingerprint density at radius 1 is 0.833 bits per heavy atom. The highest BCUT2D eigenvalue weighted by molar-refractivity contribution is 9.09. The molecule has 2 aromatic rings. The molecule has 3 unspecified atom stereocenters. The van der Waals surface area contributed by atoms with Crippen molar-refractivity contribution in [2.45, 2.75) is 49.9 Å². The second kappa shape index (κ2) is 17.0. The Morgan fingerprint density at radius 3 is 1.56 bits per heavy atom. The largest absolute Gasteiger partial charge is 0.479 e. The van der Waals surface area contributed by atoms with Crippen LogP contribution in [0, 0.1) is 0 Å². The SMILES string of the molecule is CCCCCC(O)C(=O)O.O=C(O)C(O)(CBr)c1ccccc1.O=C(O)C(O)(CCl)c1ccccc1. The van der Waals surface area contributed by atoms with Gasteiger partial charge in [0, 0.05) is 5.33 Å². The number of hydrogen-bond donors (Lipinski definition) is 6. The van der Waals surface area contributed by atoms with Crippen molar-refractivity contribution in [3.8, 4) is 0 Å². The Balaban J connectivity index is 0.000000517. The number of hydrogen-bond acceptors (Lipinski definition) is 6. The normalized spacial score (nSPS) is 14.4. The second-order valence-electron chi connectivity index (χ2n) is 7.68. The van der Waals surface area contributed by atoms with Gasteiger partial charge in [-0.2, -0.15) is 0 Å². The van der Waals surface area contributed by atoms with Crippen molar-refractivity contribution in [1.29, 1.82) is 0 Å². The number of carbonyl (C=O) groups is 3. The van der Waals surface area contributed by atoms with Gasteiger partial charge in [-0.1, -0.05) is 103 Å². The number of alkyl halides is 2. The monoisotopic (exact) mass is 590 g/mol. The number of carboxylic acids is 3. The van der Waals surface area contributed by atoms with Crippen molar-refractivity contribution in [3.63, 3.8) is 0 Å². The summed E-state index contributed by atoms with van der Waals surface area (Å²) in [4.78, 5) is 31.5. The zero-order valence-electron chi connectivity index (χ0n) is 19.8. The third-order valence-electron chi connectivity index (χ3n) is 4.96. The van der Waals surface area contributed by atoms with Crippen LogP contribution < -0.4 is 0 Å².